The Hall–Kier alpha value is 0.140. The average Bonchev–Trinajstić information content (AvgIpc) is 2.77. The van der Waals surface area contributed by atoms with Gasteiger partial charge in [-0.2, -0.15) is 0 Å². The average molecular weight is 392 g/mol. The van der Waals surface area contributed by atoms with E-state index in [1.807, 2.05) is 6.08 Å². The van der Waals surface area contributed by atoms with E-state index in [0.717, 1.165) is 25.7 Å². The summed E-state index contributed by atoms with van der Waals surface area (Å²) in [6, 6.07) is 0. The Morgan fingerprint density at radius 2 is 2.11 bits per heavy atom. The minimum atomic E-state index is 0.117. The van der Waals surface area contributed by atoms with Crippen molar-refractivity contribution < 1.29 is 9.47 Å². The van der Waals surface area contributed by atoms with Crippen molar-refractivity contribution in [3.63, 3.8) is 0 Å². The maximum atomic E-state index is 6.29. The number of rotatable bonds is 3. The van der Waals surface area contributed by atoms with E-state index in [4.69, 9.17) is 9.47 Å². The second kappa shape index (κ2) is 7.80. The van der Waals surface area contributed by atoms with Crippen LogP contribution in [0.25, 0.3) is 0 Å². The third kappa shape index (κ3) is 4.30. The molecule has 0 amide bonds. The third-order valence-electron chi connectivity index (χ3n) is 3.62. The summed E-state index contributed by atoms with van der Waals surface area (Å²) in [6.07, 6.45) is 11.1. The summed E-state index contributed by atoms with van der Waals surface area (Å²) in [5, 5.41) is 0. The fraction of sp³-hybridized carbons (Fsp3) is 0.667. The summed E-state index contributed by atoms with van der Waals surface area (Å²) in [5.41, 5.74) is 3.04. The first-order valence-corrected chi connectivity index (χ1v) is 8.69. The lowest BCUT2D eigenvalue weighted by Gasteiger charge is -2.28. The van der Waals surface area contributed by atoms with Gasteiger partial charge in [0.1, 0.15) is 0 Å². The molecule has 0 N–H and O–H groups in total. The van der Waals surface area contributed by atoms with Crippen molar-refractivity contribution in [3.05, 3.63) is 28.9 Å². The lowest BCUT2D eigenvalue weighted by atomic mass is 10.0. The van der Waals surface area contributed by atoms with Gasteiger partial charge < -0.3 is 9.47 Å². The van der Waals surface area contributed by atoms with E-state index in [9.17, 15) is 0 Å². The molecule has 0 saturated carbocycles. The summed E-state index contributed by atoms with van der Waals surface area (Å²) in [7, 11) is 0. The highest BCUT2D eigenvalue weighted by Crippen LogP contribution is 2.31. The zero-order valence-corrected chi connectivity index (χ0v) is 14.3. The predicted molar refractivity (Wildman–Crippen MR) is 84.9 cm³/mol. The Balaban J connectivity index is 2.04. The molecule has 2 rings (SSSR count). The van der Waals surface area contributed by atoms with Gasteiger partial charge in [0.15, 0.2) is 0 Å². The van der Waals surface area contributed by atoms with Crippen molar-refractivity contribution in [1.82, 2.24) is 0 Å². The van der Waals surface area contributed by atoms with E-state index in [1.165, 1.54) is 0 Å². The van der Waals surface area contributed by atoms with E-state index >= 15 is 0 Å². The first-order chi connectivity index (χ1) is 9.24. The normalized spacial score (nSPS) is 37.4. The van der Waals surface area contributed by atoms with Gasteiger partial charge in [-0.1, -0.05) is 50.9 Å². The molecule has 0 radical (unpaired) electrons. The van der Waals surface area contributed by atoms with Crippen LogP contribution >= 0.6 is 31.9 Å². The lowest BCUT2D eigenvalue weighted by Crippen LogP contribution is -2.34. The maximum absolute atomic E-state index is 6.29. The van der Waals surface area contributed by atoms with Gasteiger partial charge in [-0.3, -0.25) is 0 Å². The molecule has 0 aromatic carbocycles. The monoisotopic (exact) mass is 390 g/mol. The van der Waals surface area contributed by atoms with Crippen LogP contribution in [0.5, 0.6) is 0 Å². The topological polar surface area (TPSA) is 18.5 Å². The highest BCUT2D eigenvalue weighted by molar-refractivity contribution is 9.11. The van der Waals surface area contributed by atoms with Crippen LogP contribution in [-0.4, -0.2) is 29.2 Å². The second-order valence-electron chi connectivity index (χ2n) is 4.97. The van der Waals surface area contributed by atoms with Gasteiger partial charge in [0, 0.05) is 16.2 Å². The van der Waals surface area contributed by atoms with Crippen molar-refractivity contribution in [3.8, 4) is 0 Å². The molecule has 0 aromatic rings. The molecule has 2 nitrogen and oxygen atoms in total. The molecule has 1 saturated heterocycles. The van der Waals surface area contributed by atoms with Crippen LogP contribution in [0.4, 0.5) is 0 Å². The quantitative estimate of drug-likeness (QED) is 0.401. The largest absolute Gasteiger partial charge is 0.371 e. The zero-order valence-electron chi connectivity index (χ0n) is 11.1. The highest BCUT2D eigenvalue weighted by atomic mass is 79.9. The summed E-state index contributed by atoms with van der Waals surface area (Å²) in [4.78, 5) is 2.14. The Morgan fingerprint density at radius 1 is 1.32 bits per heavy atom. The van der Waals surface area contributed by atoms with Gasteiger partial charge in [0.2, 0.25) is 0 Å². The van der Waals surface area contributed by atoms with Crippen molar-refractivity contribution in [2.24, 2.45) is 0 Å². The SMILES string of the molecule is CC[C@@H](Br)[C@@H]1C/C=C\C[C@@H]2O[C@H](C=C=CBr)C[C@@H]2O1. The lowest BCUT2D eigenvalue weighted by molar-refractivity contribution is -0.0540. The number of ether oxygens (including phenoxy) is 2. The number of hydrogen-bond acceptors (Lipinski definition) is 2. The standard InChI is InChI=1S/C15H20Br2O2/c1-2-12(17)13-7-3-4-8-14-15(19-13)10-11(18-14)6-5-9-16/h3-4,6,9,11-15H,2,7-8,10H2,1H3/b4-3-/t5?,11-,12-,13+,14+,15+/m1/s1. The van der Waals surface area contributed by atoms with Crippen LogP contribution in [0, 0.1) is 0 Å². The second-order valence-corrected chi connectivity index (χ2v) is 6.61. The van der Waals surface area contributed by atoms with E-state index in [2.05, 4.69) is 56.7 Å². The van der Waals surface area contributed by atoms with Gasteiger partial charge in [-0.05, 0) is 25.3 Å². The molecule has 0 spiro atoms. The Kier molecular flexibility index (Phi) is 6.37. The van der Waals surface area contributed by atoms with Crippen LogP contribution in [0.2, 0.25) is 0 Å². The molecule has 0 aromatic heterocycles. The first-order valence-electron chi connectivity index (χ1n) is 6.85. The number of halogens is 2. The molecule has 5 atom stereocenters. The highest BCUT2D eigenvalue weighted by Gasteiger charge is 2.37. The van der Waals surface area contributed by atoms with Crippen molar-refractivity contribution in [1.29, 1.82) is 0 Å². The number of hydrogen-bond donors (Lipinski definition) is 0. The number of fused-ring (bicyclic) bond motifs is 1. The molecule has 1 fully saturated rings. The van der Waals surface area contributed by atoms with Crippen molar-refractivity contribution >= 4 is 31.9 Å². The van der Waals surface area contributed by atoms with Crippen molar-refractivity contribution in [2.75, 3.05) is 0 Å². The van der Waals surface area contributed by atoms with Gasteiger partial charge >= 0.3 is 0 Å². The fourth-order valence-electron chi connectivity index (χ4n) is 2.59. The molecule has 2 aliphatic rings. The molecule has 19 heavy (non-hydrogen) atoms. The van der Waals surface area contributed by atoms with E-state index < -0.39 is 0 Å². The molecule has 2 aliphatic heterocycles. The predicted octanol–water partition coefficient (Wildman–Crippen LogP) is 4.48. The first kappa shape index (κ1) is 15.5. The smallest absolute Gasteiger partial charge is 0.0880 e. The van der Waals surface area contributed by atoms with E-state index in [0.29, 0.717) is 4.83 Å². The van der Waals surface area contributed by atoms with Gasteiger partial charge in [0.25, 0.3) is 0 Å². The molecular formula is C15H20Br2O2. The Morgan fingerprint density at radius 3 is 2.84 bits per heavy atom. The summed E-state index contributed by atoms with van der Waals surface area (Å²) < 4.78 is 12.3. The van der Waals surface area contributed by atoms with Gasteiger partial charge in [-0.25, -0.2) is 0 Å². The maximum Gasteiger partial charge on any atom is 0.0880 e. The van der Waals surface area contributed by atoms with Crippen LogP contribution < -0.4 is 0 Å². The summed E-state index contributed by atoms with van der Waals surface area (Å²) >= 11 is 6.95. The molecular weight excluding hydrogens is 372 g/mol. The van der Waals surface area contributed by atoms with E-state index in [-0.39, 0.29) is 24.4 Å². The molecule has 4 heteroatoms. The van der Waals surface area contributed by atoms with Gasteiger partial charge in [-0.15, -0.1) is 5.73 Å². The number of alkyl halides is 1. The van der Waals surface area contributed by atoms with Crippen LogP contribution in [0.1, 0.15) is 32.6 Å². The van der Waals surface area contributed by atoms with Crippen LogP contribution in [-0.2, 0) is 9.47 Å². The third-order valence-corrected chi connectivity index (χ3v) is 5.12. The molecule has 106 valence electrons. The zero-order chi connectivity index (χ0) is 13.7. The summed E-state index contributed by atoms with van der Waals surface area (Å²) in [5.74, 6) is 0. The Labute approximate surface area is 132 Å². The molecule has 0 bridgehead atoms. The Bertz CT molecular complexity index is 374. The van der Waals surface area contributed by atoms with Crippen molar-refractivity contribution in [2.45, 2.75) is 61.9 Å². The van der Waals surface area contributed by atoms with Crippen LogP contribution in [0.3, 0.4) is 0 Å². The van der Waals surface area contributed by atoms with Crippen LogP contribution in [0.15, 0.2) is 28.9 Å². The molecule has 0 aliphatic carbocycles. The minimum absolute atomic E-state index is 0.117. The summed E-state index contributed by atoms with van der Waals surface area (Å²) in [6.45, 7) is 2.18. The molecule has 2 heterocycles. The fourth-order valence-corrected chi connectivity index (χ4v) is 3.08. The molecule has 0 unspecified atom stereocenters. The minimum Gasteiger partial charge on any atom is -0.371 e. The van der Waals surface area contributed by atoms with Gasteiger partial charge in [0.05, 0.1) is 24.4 Å². The van der Waals surface area contributed by atoms with E-state index in [1.54, 1.807) is 4.99 Å².